The topological polar surface area (TPSA) is 79.4 Å². The summed E-state index contributed by atoms with van der Waals surface area (Å²) in [6.45, 7) is 5.63. The molecule has 2 aromatic rings. The lowest BCUT2D eigenvalue weighted by atomic mass is 10.1. The maximum atomic E-state index is 12.3. The summed E-state index contributed by atoms with van der Waals surface area (Å²) in [4.78, 5) is 16.4. The monoisotopic (exact) mass is 361 g/mol. The van der Waals surface area contributed by atoms with Crippen molar-refractivity contribution in [2.75, 3.05) is 17.1 Å². The van der Waals surface area contributed by atoms with Gasteiger partial charge in [-0.25, -0.2) is 8.42 Å². The highest BCUT2D eigenvalue weighted by Gasteiger charge is 2.24. The summed E-state index contributed by atoms with van der Waals surface area (Å²) in [6, 6.07) is 9.23. The molecule has 0 aliphatic carbocycles. The minimum Gasteiger partial charge on any atom is -0.349 e. The standard InChI is InChI=1S/C18H23N3O3S/c1-13-9-14(2)18(15(3)10-13)21(25(4,23)24)12-17(22)20-11-16-7-5-6-8-19-16/h5-10H,11-12H2,1-4H3,(H,20,22). The van der Waals surface area contributed by atoms with Gasteiger partial charge in [0.25, 0.3) is 0 Å². The first-order valence-electron chi connectivity index (χ1n) is 7.90. The summed E-state index contributed by atoms with van der Waals surface area (Å²) in [5.74, 6) is -0.379. The lowest BCUT2D eigenvalue weighted by Gasteiger charge is -2.26. The van der Waals surface area contributed by atoms with Crippen LogP contribution in [0.25, 0.3) is 0 Å². The Kier molecular flexibility index (Phi) is 5.79. The Morgan fingerprint density at radius 1 is 1.16 bits per heavy atom. The van der Waals surface area contributed by atoms with E-state index in [0.717, 1.165) is 27.3 Å². The normalized spacial score (nSPS) is 11.2. The number of carbonyl (C=O) groups is 1. The van der Waals surface area contributed by atoms with Crippen LogP contribution in [0.5, 0.6) is 0 Å². The van der Waals surface area contributed by atoms with Crippen molar-refractivity contribution in [3.63, 3.8) is 0 Å². The van der Waals surface area contributed by atoms with Gasteiger partial charge in [-0.3, -0.25) is 14.1 Å². The van der Waals surface area contributed by atoms with Crippen molar-refractivity contribution in [1.29, 1.82) is 0 Å². The van der Waals surface area contributed by atoms with E-state index in [2.05, 4.69) is 10.3 Å². The average Bonchev–Trinajstić information content (AvgIpc) is 2.51. The van der Waals surface area contributed by atoms with Crippen LogP contribution in [-0.4, -0.2) is 32.1 Å². The Morgan fingerprint density at radius 3 is 2.32 bits per heavy atom. The van der Waals surface area contributed by atoms with Gasteiger partial charge in [-0.1, -0.05) is 23.8 Å². The first-order chi connectivity index (χ1) is 11.7. The summed E-state index contributed by atoms with van der Waals surface area (Å²) in [5, 5.41) is 2.71. The van der Waals surface area contributed by atoms with Crippen molar-refractivity contribution in [2.24, 2.45) is 0 Å². The zero-order chi connectivity index (χ0) is 18.6. The minimum atomic E-state index is -3.60. The van der Waals surface area contributed by atoms with Crippen LogP contribution in [0, 0.1) is 20.8 Å². The van der Waals surface area contributed by atoms with Crippen LogP contribution in [0.2, 0.25) is 0 Å². The van der Waals surface area contributed by atoms with E-state index in [1.165, 1.54) is 0 Å². The Hall–Kier alpha value is -2.41. The fraction of sp³-hybridized carbons (Fsp3) is 0.333. The molecule has 134 valence electrons. The molecule has 0 radical (unpaired) electrons. The predicted molar refractivity (Wildman–Crippen MR) is 98.9 cm³/mol. The molecule has 0 bridgehead atoms. The number of nitrogens with one attached hydrogen (secondary N) is 1. The Morgan fingerprint density at radius 2 is 1.80 bits per heavy atom. The van der Waals surface area contributed by atoms with E-state index in [1.807, 2.05) is 39.0 Å². The number of pyridine rings is 1. The van der Waals surface area contributed by atoms with Gasteiger partial charge in [0.1, 0.15) is 6.54 Å². The quantitative estimate of drug-likeness (QED) is 0.854. The van der Waals surface area contributed by atoms with Gasteiger partial charge < -0.3 is 5.32 Å². The van der Waals surface area contributed by atoms with Crippen LogP contribution >= 0.6 is 0 Å². The highest BCUT2D eigenvalue weighted by molar-refractivity contribution is 7.92. The smallest absolute Gasteiger partial charge is 0.241 e. The van der Waals surface area contributed by atoms with Crippen molar-refractivity contribution in [2.45, 2.75) is 27.3 Å². The number of rotatable bonds is 6. The minimum absolute atomic E-state index is 0.253. The van der Waals surface area contributed by atoms with Gasteiger partial charge in [0.05, 0.1) is 24.2 Å². The number of amides is 1. The average molecular weight is 361 g/mol. The van der Waals surface area contributed by atoms with Crippen molar-refractivity contribution in [1.82, 2.24) is 10.3 Å². The molecule has 0 fully saturated rings. The molecule has 1 aromatic carbocycles. The SMILES string of the molecule is Cc1cc(C)c(N(CC(=O)NCc2ccccn2)S(C)(=O)=O)c(C)c1. The van der Waals surface area contributed by atoms with Crippen LogP contribution < -0.4 is 9.62 Å². The number of benzene rings is 1. The maximum absolute atomic E-state index is 12.3. The van der Waals surface area contributed by atoms with Crippen LogP contribution in [0.4, 0.5) is 5.69 Å². The van der Waals surface area contributed by atoms with E-state index in [9.17, 15) is 13.2 Å². The summed E-state index contributed by atoms with van der Waals surface area (Å²) in [6.07, 6.45) is 2.75. The van der Waals surface area contributed by atoms with Gasteiger partial charge in [0.15, 0.2) is 0 Å². The number of carbonyl (C=O) groups excluding carboxylic acids is 1. The molecule has 6 nitrogen and oxygen atoms in total. The summed E-state index contributed by atoms with van der Waals surface area (Å²) < 4.78 is 25.7. The molecule has 0 unspecified atom stereocenters. The van der Waals surface area contributed by atoms with Gasteiger partial charge in [0.2, 0.25) is 15.9 Å². The Bertz CT molecular complexity index is 841. The van der Waals surface area contributed by atoms with Crippen molar-refractivity contribution in [3.05, 3.63) is 58.9 Å². The molecule has 25 heavy (non-hydrogen) atoms. The number of nitrogens with zero attached hydrogens (tertiary/aromatic N) is 2. The molecule has 0 aliphatic rings. The van der Waals surface area contributed by atoms with Gasteiger partial charge in [0, 0.05) is 6.20 Å². The van der Waals surface area contributed by atoms with E-state index in [1.54, 1.807) is 18.3 Å². The molecule has 2 rings (SSSR count). The van der Waals surface area contributed by atoms with Crippen molar-refractivity contribution < 1.29 is 13.2 Å². The predicted octanol–water partition coefficient (Wildman–Crippen LogP) is 2.09. The van der Waals surface area contributed by atoms with Gasteiger partial charge >= 0.3 is 0 Å². The van der Waals surface area contributed by atoms with E-state index < -0.39 is 10.0 Å². The largest absolute Gasteiger partial charge is 0.349 e. The van der Waals surface area contributed by atoms with Crippen LogP contribution in [0.1, 0.15) is 22.4 Å². The molecule has 0 saturated carbocycles. The fourth-order valence-corrected chi connectivity index (χ4v) is 3.78. The van der Waals surface area contributed by atoms with E-state index in [-0.39, 0.29) is 19.0 Å². The maximum Gasteiger partial charge on any atom is 0.241 e. The molecular formula is C18H23N3O3S. The zero-order valence-corrected chi connectivity index (χ0v) is 15.7. The van der Waals surface area contributed by atoms with E-state index >= 15 is 0 Å². The molecular weight excluding hydrogens is 338 g/mol. The second-order valence-electron chi connectivity index (χ2n) is 6.11. The second-order valence-corrected chi connectivity index (χ2v) is 8.02. The molecule has 0 saturated heterocycles. The fourth-order valence-electron chi connectivity index (χ4n) is 2.81. The number of sulfonamides is 1. The second kappa shape index (κ2) is 7.65. The third-order valence-electron chi connectivity index (χ3n) is 3.77. The lowest BCUT2D eigenvalue weighted by Crippen LogP contribution is -2.41. The molecule has 0 spiro atoms. The number of aryl methyl sites for hydroxylation is 3. The third kappa shape index (κ3) is 5.03. The van der Waals surface area contributed by atoms with Gasteiger partial charge in [-0.2, -0.15) is 0 Å². The molecule has 1 N–H and O–H groups in total. The number of hydrogen-bond donors (Lipinski definition) is 1. The van der Waals surface area contributed by atoms with Crippen molar-refractivity contribution >= 4 is 21.6 Å². The van der Waals surface area contributed by atoms with E-state index in [0.29, 0.717) is 11.4 Å². The first-order valence-corrected chi connectivity index (χ1v) is 9.75. The molecule has 1 heterocycles. The molecule has 0 atom stereocenters. The van der Waals surface area contributed by atoms with Crippen LogP contribution in [-0.2, 0) is 21.4 Å². The summed E-state index contributed by atoms with van der Waals surface area (Å²) in [5.41, 5.74) is 3.96. The Balaban J connectivity index is 2.21. The summed E-state index contributed by atoms with van der Waals surface area (Å²) in [7, 11) is -3.60. The lowest BCUT2D eigenvalue weighted by molar-refractivity contribution is -0.119. The van der Waals surface area contributed by atoms with E-state index in [4.69, 9.17) is 0 Å². The zero-order valence-electron chi connectivity index (χ0n) is 14.9. The highest BCUT2D eigenvalue weighted by Crippen LogP contribution is 2.28. The van der Waals surface area contributed by atoms with Gasteiger partial charge in [-0.05, 0) is 44.0 Å². The van der Waals surface area contributed by atoms with Crippen LogP contribution in [0.3, 0.4) is 0 Å². The molecule has 1 amide bonds. The Labute approximate surface area is 148 Å². The number of hydrogen-bond acceptors (Lipinski definition) is 4. The molecule has 7 heteroatoms. The molecule has 1 aromatic heterocycles. The van der Waals surface area contributed by atoms with Gasteiger partial charge in [-0.15, -0.1) is 0 Å². The van der Waals surface area contributed by atoms with Crippen molar-refractivity contribution in [3.8, 4) is 0 Å². The first kappa shape index (κ1) is 18.9. The third-order valence-corrected chi connectivity index (χ3v) is 4.88. The number of anilines is 1. The molecule has 0 aliphatic heterocycles. The highest BCUT2D eigenvalue weighted by atomic mass is 32.2. The van der Waals surface area contributed by atoms with Crippen LogP contribution in [0.15, 0.2) is 36.5 Å². The summed E-state index contributed by atoms with van der Waals surface area (Å²) >= 11 is 0. The number of aromatic nitrogens is 1.